The second-order valence-corrected chi connectivity index (χ2v) is 3.56. The van der Waals surface area contributed by atoms with E-state index in [1.54, 1.807) is 6.20 Å². The van der Waals surface area contributed by atoms with Gasteiger partial charge in [-0.3, -0.25) is 0 Å². The van der Waals surface area contributed by atoms with Crippen LogP contribution in [0.2, 0.25) is 5.15 Å². The van der Waals surface area contributed by atoms with Crippen molar-refractivity contribution in [2.24, 2.45) is 0 Å². The van der Waals surface area contributed by atoms with E-state index in [0.29, 0.717) is 10.7 Å². The molecule has 1 heterocycles. The lowest BCUT2D eigenvalue weighted by atomic mass is 10.0. The lowest BCUT2D eigenvalue weighted by Gasteiger charge is -2.03. The molecular formula is C11H13ClN2. The molecule has 74 valence electrons. The molecule has 0 bridgehead atoms. The zero-order valence-corrected chi connectivity index (χ0v) is 9.01. The first kappa shape index (κ1) is 11.0. The van der Waals surface area contributed by atoms with Crippen LogP contribution in [0.25, 0.3) is 0 Å². The molecular weight excluding hydrogens is 196 g/mol. The van der Waals surface area contributed by atoms with Gasteiger partial charge < -0.3 is 0 Å². The quantitative estimate of drug-likeness (QED) is 0.562. The molecule has 0 saturated carbocycles. The molecule has 0 aliphatic heterocycles. The van der Waals surface area contributed by atoms with Crippen LogP contribution in [-0.2, 0) is 6.42 Å². The van der Waals surface area contributed by atoms with Crippen LogP contribution >= 0.6 is 11.6 Å². The summed E-state index contributed by atoms with van der Waals surface area (Å²) in [6.45, 7) is 2.16. The maximum absolute atomic E-state index is 8.88. The third kappa shape index (κ3) is 2.71. The highest BCUT2D eigenvalue weighted by atomic mass is 35.5. The molecule has 14 heavy (non-hydrogen) atoms. The Morgan fingerprint density at radius 1 is 1.50 bits per heavy atom. The minimum atomic E-state index is 0.321. The van der Waals surface area contributed by atoms with Crippen LogP contribution in [0, 0.1) is 11.3 Å². The van der Waals surface area contributed by atoms with Gasteiger partial charge in [0.25, 0.3) is 0 Å². The van der Waals surface area contributed by atoms with Crippen LogP contribution in [0.3, 0.4) is 0 Å². The summed E-state index contributed by atoms with van der Waals surface area (Å²) in [5, 5.41) is 9.20. The molecule has 0 N–H and O–H groups in total. The maximum atomic E-state index is 8.88. The molecule has 1 rings (SSSR count). The van der Waals surface area contributed by atoms with E-state index in [2.05, 4.69) is 18.0 Å². The van der Waals surface area contributed by atoms with Crippen molar-refractivity contribution in [3.05, 3.63) is 28.5 Å². The Morgan fingerprint density at radius 3 is 2.93 bits per heavy atom. The topological polar surface area (TPSA) is 36.7 Å². The lowest BCUT2D eigenvalue weighted by Crippen LogP contribution is -1.93. The number of aromatic nitrogens is 1. The normalized spacial score (nSPS) is 9.79. The van der Waals surface area contributed by atoms with Crippen molar-refractivity contribution in [3.8, 4) is 6.07 Å². The van der Waals surface area contributed by atoms with Gasteiger partial charge in [0.2, 0.25) is 0 Å². The van der Waals surface area contributed by atoms with Crippen LogP contribution in [0.5, 0.6) is 0 Å². The monoisotopic (exact) mass is 208 g/mol. The minimum Gasteiger partial charge on any atom is -0.243 e. The average Bonchev–Trinajstić information content (AvgIpc) is 2.18. The molecule has 1 aromatic heterocycles. The summed E-state index contributed by atoms with van der Waals surface area (Å²) >= 11 is 5.81. The highest BCUT2D eigenvalue weighted by molar-refractivity contribution is 6.30. The van der Waals surface area contributed by atoms with E-state index in [4.69, 9.17) is 16.9 Å². The van der Waals surface area contributed by atoms with Crippen molar-refractivity contribution in [3.63, 3.8) is 0 Å². The zero-order valence-electron chi connectivity index (χ0n) is 8.26. The molecule has 0 amide bonds. The fourth-order valence-corrected chi connectivity index (χ4v) is 1.58. The van der Waals surface area contributed by atoms with E-state index in [1.807, 2.05) is 6.07 Å². The van der Waals surface area contributed by atoms with Gasteiger partial charge in [0.05, 0.1) is 5.56 Å². The van der Waals surface area contributed by atoms with E-state index >= 15 is 0 Å². The van der Waals surface area contributed by atoms with Crippen molar-refractivity contribution in [2.75, 3.05) is 0 Å². The van der Waals surface area contributed by atoms with Gasteiger partial charge in [-0.1, -0.05) is 31.4 Å². The van der Waals surface area contributed by atoms with Gasteiger partial charge in [0.15, 0.2) is 0 Å². The molecule has 0 radical (unpaired) electrons. The van der Waals surface area contributed by atoms with Gasteiger partial charge in [-0.15, -0.1) is 0 Å². The van der Waals surface area contributed by atoms with Gasteiger partial charge in [-0.25, -0.2) is 4.98 Å². The Balaban J connectivity index is 2.76. The first-order valence-corrected chi connectivity index (χ1v) is 5.21. The van der Waals surface area contributed by atoms with Crippen molar-refractivity contribution in [2.45, 2.75) is 32.6 Å². The maximum Gasteiger partial charge on any atom is 0.147 e. The van der Waals surface area contributed by atoms with Crippen LogP contribution in [-0.4, -0.2) is 4.98 Å². The first-order valence-electron chi connectivity index (χ1n) is 4.83. The fourth-order valence-electron chi connectivity index (χ4n) is 1.36. The molecule has 3 heteroatoms. The molecule has 0 spiro atoms. The number of halogens is 1. The SMILES string of the molecule is CCCCCc1ccnc(Cl)c1C#N. The van der Waals surface area contributed by atoms with Crippen molar-refractivity contribution in [1.82, 2.24) is 4.98 Å². The van der Waals surface area contributed by atoms with Gasteiger partial charge in [-0.05, 0) is 24.5 Å². The number of hydrogen-bond acceptors (Lipinski definition) is 2. The first-order chi connectivity index (χ1) is 6.79. The minimum absolute atomic E-state index is 0.321. The van der Waals surface area contributed by atoms with E-state index < -0.39 is 0 Å². The van der Waals surface area contributed by atoms with Gasteiger partial charge >= 0.3 is 0 Å². The van der Waals surface area contributed by atoms with Crippen molar-refractivity contribution < 1.29 is 0 Å². The third-order valence-electron chi connectivity index (χ3n) is 2.15. The number of nitrogens with zero attached hydrogens (tertiary/aromatic N) is 2. The molecule has 0 fully saturated rings. The summed E-state index contributed by atoms with van der Waals surface area (Å²) in [6.07, 6.45) is 6.04. The number of aryl methyl sites for hydroxylation is 1. The van der Waals surface area contributed by atoms with E-state index in [-0.39, 0.29) is 0 Å². The highest BCUT2D eigenvalue weighted by Gasteiger charge is 2.06. The van der Waals surface area contributed by atoms with E-state index in [1.165, 1.54) is 12.8 Å². The molecule has 2 nitrogen and oxygen atoms in total. The summed E-state index contributed by atoms with van der Waals surface area (Å²) in [4.78, 5) is 3.88. The highest BCUT2D eigenvalue weighted by Crippen LogP contribution is 2.18. The Labute approximate surface area is 89.5 Å². The standard InChI is InChI=1S/C11H13ClN2/c1-2-3-4-5-9-6-7-14-11(12)10(9)8-13/h6-7H,2-5H2,1H3. The average molecular weight is 209 g/mol. The Morgan fingerprint density at radius 2 is 2.29 bits per heavy atom. The molecule has 0 unspecified atom stereocenters. The zero-order chi connectivity index (χ0) is 10.4. The summed E-state index contributed by atoms with van der Waals surface area (Å²) in [7, 11) is 0. The van der Waals surface area contributed by atoms with Crippen molar-refractivity contribution in [1.29, 1.82) is 5.26 Å². The number of nitriles is 1. The fraction of sp³-hybridized carbons (Fsp3) is 0.455. The number of unbranched alkanes of at least 4 members (excludes halogenated alkanes) is 2. The smallest absolute Gasteiger partial charge is 0.147 e. The molecule has 0 aliphatic rings. The van der Waals surface area contributed by atoms with Crippen LogP contribution in [0.15, 0.2) is 12.3 Å². The molecule has 1 aromatic rings. The Kier molecular flexibility index (Phi) is 4.42. The molecule has 0 saturated heterocycles. The Bertz CT molecular complexity index is 342. The Hall–Kier alpha value is -1.07. The number of pyridine rings is 1. The van der Waals surface area contributed by atoms with Gasteiger partial charge in [0, 0.05) is 6.20 Å². The molecule has 0 atom stereocenters. The summed E-state index contributed by atoms with van der Waals surface area (Å²) in [6, 6.07) is 3.97. The molecule has 0 aromatic carbocycles. The second kappa shape index (κ2) is 5.62. The van der Waals surface area contributed by atoms with Crippen LogP contribution in [0.4, 0.5) is 0 Å². The summed E-state index contributed by atoms with van der Waals surface area (Å²) in [5.74, 6) is 0. The summed E-state index contributed by atoms with van der Waals surface area (Å²) < 4.78 is 0. The third-order valence-corrected chi connectivity index (χ3v) is 2.44. The summed E-state index contributed by atoms with van der Waals surface area (Å²) in [5.41, 5.74) is 1.55. The number of rotatable bonds is 4. The van der Waals surface area contributed by atoms with Crippen LogP contribution in [0.1, 0.15) is 37.3 Å². The van der Waals surface area contributed by atoms with Crippen LogP contribution < -0.4 is 0 Å². The van der Waals surface area contributed by atoms with Gasteiger partial charge in [0.1, 0.15) is 11.2 Å². The predicted octanol–water partition coefficient (Wildman–Crippen LogP) is 3.34. The van der Waals surface area contributed by atoms with Gasteiger partial charge in [-0.2, -0.15) is 5.26 Å². The van der Waals surface area contributed by atoms with Crippen molar-refractivity contribution >= 4 is 11.6 Å². The van der Waals surface area contributed by atoms with E-state index in [0.717, 1.165) is 18.4 Å². The lowest BCUT2D eigenvalue weighted by molar-refractivity contribution is 0.716. The largest absolute Gasteiger partial charge is 0.243 e. The number of hydrogen-bond donors (Lipinski definition) is 0. The van der Waals surface area contributed by atoms with E-state index in [9.17, 15) is 0 Å². The second-order valence-electron chi connectivity index (χ2n) is 3.20. The molecule has 0 aliphatic carbocycles. The predicted molar refractivity (Wildman–Crippen MR) is 57.2 cm³/mol.